The van der Waals surface area contributed by atoms with Crippen LogP contribution >= 0.6 is 11.6 Å². The summed E-state index contributed by atoms with van der Waals surface area (Å²) >= 11 is 5.98. The summed E-state index contributed by atoms with van der Waals surface area (Å²) in [6.07, 6.45) is 7.93. The maximum absolute atomic E-state index is 15.0. The molecular weight excluding hydrogens is 443 g/mol. The fraction of sp³-hybridized carbons (Fsp3) is 0.240. The molecule has 1 aromatic carbocycles. The van der Waals surface area contributed by atoms with Gasteiger partial charge >= 0.3 is 0 Å². The Kier molecular flexibility index (Phi) is 5.38. The van der Waals surface area contributed by atoms with Gasteiger partial charge < -0.3 is 4.74 Å². The number of halogens is 2. The number of rotatable bonds is 3. The van der Waals surface area contributed by atoms with E-state index in [0.29, 0.717) is 46.1 Å². The molecule has 0 bridgehead atoms. The predicted octanol–water partition coefficient (Wildman–Crippen LogP) is 5.05. The first kappa shape index (κ1) is 21.6. The van der Waals surface area contributed by atoms with E-state index in [1.807, 2.05) is 25.4 Å². The minimum Gasteiger partial charge on any atom is -0.369 e. The van der Waals surface area contributed by atoms with Crippen LogP contribution in [0.25, 0.3) is 22.3 Å². The van der Waals surface area contributed by atoms with Gasteiger partial charge in [0.25, 0.3) is 5.56 Å². The normalized spacial score (nSPS) is 16.3. The lowest BCUT2D eigenvalue weighted by Crippen LogP contribution is -2.20. The lowest BCUT2D eigenvalue weighted by atomic mass is 9.95. The van der Waals surface area contributed by atoms with Crippen LogP contribution in [-0.2, 0) is 11.8 Å². The van der Waals surface area contributed by atoms with Crippen molar-refractivity contribution in [1.29, 1.82) is 0 Å². The van der Waals surface area contributed by atoms with E-state index >= 15 is 0 Å². The van der Waals surface area contributed by atoms with E-state index in [1.165, 1.54) is 10.5 Å². The van der Waals surface area contributed by atoms with Gasteiger partial charge in [-0.2, -0.15) is 5.10 Å². The Hall–Kier alpha value is -3.29. The molecule has 0 saturated heterocycles. The molecule has 0 fully saturated rings. The van der Waals surface area contributed by atoms with Crippen molar-refractivity contribution in [3.8, 4) is 11.1 Å². The average Bonchev–Trinajstić information content (AvgIpc) is 3.24. The summed E-state index contributed by atoms with van der Waals surface area (Å²) in [5.74, 6) is -0.469. The third-order valence-electron chi connectivity index (χ3n) is 6.06. The van der Waals surface area contributed by atoms with Crippen LogP contribution in [0.15, 0.2) is 53.7 Å². The van der Waals surface area contributed by atoms with Crippen LogP contribution in [0, 0.1) is 19.7 Å². The molecule has 0 spiro atoms. The second-order valence-electron chi connectivity index (χ2n) is 8.27. The van der Waals surface area contributed by atoms with Crippen molar-refractivity contribution in [2.75, 3.05) is 6.61 Å². The largest absolute Gasteiger partial charge is 0.369 e. The number of hydrogen-bond acceptors (Lipinski definition) is 4. The van der Waals surface area contributed by atoms with Gasteiger partial charge in [-0.1, -0.05) is 11.6 Å². The Labute approximate surface area is 194 Å². The SMILES string of the molecule is Cc1nc2c(-c3ccc(Cl)cc3F)cc(C3=CC(c4cnn(C)c4)OCC3)cn2c(=O)c1C. The van der Waals surface area contributed by atoms with Crippen LogP contribution in [0.1, 0.15) is 34.9 Å². The second kappa shape index (κ2) is 8.24. The fourth-order valence-electron chi connectivity index (χ4n) is 4.15. The molecule has 33 heavy (non-hydrogen) atoms. The van der Waals surface area contributed by atoms with Crippen LogP contribution in [0.4, 0.5) is 4.39 Å². The molecule has 1 aliphatic rings. The number of pyridine rings is 1. The summed E-state index contributed by atoms with van der Waals surface area (Å²) in [5.41, 5.74) is 5.05. The summed E-state index contributed by atoms with van der Waals surface area (Å²) in [6.45, 7) is 4.05. The van der Waals surface area contributed by atoms with E-state index in [4.69, 9.17) is 16.3 Å². The van der Waals surface area contributed by atoms with Crippen molar-refractivity contribution < 1.29 is 9.13 Å². The Balaban J connectivity index is 1.75. The third-order valence-corrected chi connectivity index (χ3v) is 6.29. The van der Waals surface area contributed by atoms with Crippen LogP contribution in [0.2, 0.25) is 5.02 Å². The van der Waals surface area contributed by atoms with E-state index in [-0.39, 0.29) is 11.7 Å². The van der Waals surface area contributed by atoms with Crippen molar-refractivity contribution in [3.63, 3.8) is 0 Å². The molecule has 0 amide bonds. The summed E-state index contributed by atoms with van der Waals surface area (Å²) < 4.78 is 24.1. The van der Waals surface area contributed by atoms with Gasteiger partial charge in [-0.05, 0) is 61.7 Å². The van der Waals surface area contributed by atoms with E-state index in [1.54, 1.807) is 43.1 Å². The smallest absolute Gasteiger partial charge is 0.261 e. The van der Waals surface area contributed by atoms with Crippen LogP contribution in [0.3, 0.4) is 0 Å². The molecule has 1 aliphatic heterocycles. The maximum Gasteiger partial charge on any atom is 0.261 e. The molecule has 168 valence electrons. The number of benzene rings is 1. The summed E-state index contributed by atoms with van der Waals surface area (Å²) in [5, 5.41) is 4.54. The van der Waals surface area contributed by atoms with Gasteiger partial charge in [0, 0.05) is 52.4 Å². The molecule has 0 aliphatic carbocycles. The van der Waals surface area contributed by atoms with Crippen molar-refractivity contribution in [3.05, 3.63) is 92.5 Å². The molecule has 0 N–H and O–H groups in total. The number of aromatic nitrogens is 4. The zero-order valence-corrected chi connectivity index (χ0v) is 19.2. The Morgan fingerprint density at radius 1 is 1.18 bits per heavy atom. The highest BCUT2D eigenvalue weighted by Crippen LogP contribution is 2.35. The van der Waals surface area contributed by atoms with Crippen LogP contribution < -0.4 is 5.56 Å². The number of ether oxygens (including phenoxy) is 1. The fourth-order valence-corrected chi connectivity index (χ4v) is 4.30. The summed E-state index contributed by atoms with van der Waals surface area (Å²) in [6, 6.07) is 6.41. The van der Waals surface area contributed by atoms with Gasteiger partial charge in [0.05, 0.1) is 12.8 Å². The lowest BCUT2D eigenvalue weighted by molar-refractivity contribution is 0.0827. The van der Waals surface area contributed by atoms with E-state index in [2.05, 4.69) is 10.1 Å². The van der Waals surface area contributed by atoms with Crippen molar-refractivity contribution in [2.24, 2.45) is 7.05 Å². The Morgan fingerprint density at radius 3 is 2.73 bits per heavy atom. The van der Waals surface area contributed by atoms with Crippen LogP contribution in [-0.4, -0.2) is 25.8 Å². The molecule has 0 radical (unpaired) electrons. The predicted molar refractivity (Wildman–Crippen MR) is 126 cm³/mol. The number of nitrogens with zero attached hydrogens (tertiary/aromatic N) is 4. The lowest BCUT2D eigenvalue weighted by Gasteiger charge is -2.22. The molecule has 8 heteroatoms. The van der Waals surface area contributed by atoms with Gasteiger partial charge in [-0.15, -0.1) is 0 Å². The molecule has 3 aromatic heterocycles. The highest BCUT2D eigenvalue weighted by atomic mass is 35.5. The van der Waals surface area contributed by atoms with E-state index in [0.717, 1.165) is 16.7 Å². The number of aryl methyl sites for hydroxylation is 2. The van der Waals surface area contributed by atoms with Crippen molar-refractivity contribution in [1.82, 2.24) is 19.2 Å². The maximum atomic E-state index is 15.0. The highest BCUT2D eigenvalue weighted by molar-refractivity contribution is 6.30. The average molecular weight is 465 g/mol. The molecular formula is C25H22ClFN4O2. The second-order valence-corrected chi connectivity index (χ2v) is 8.70. The van der Waals surface area contributed by atoms with Gasteiger partial charge in [0.15, 0.2) is 0 Å². The minimum atomic E-state index is -0.469. The van der Waals surface area contributed by atoms with Gasteiger partial charge in [0.1, 0.15) is 17.6 Å². The van der Waals surface area contributed by atoms with Gasteiger partial charge in [-0.3, -0.25) is 13.9 Å². The zero-order chi connectivity index (χ0) is 23.3. The third kappa shape index (κ3) is 3.87. The summed E-state index contributed by atoms with van der Waals surface area (Å²) in [4.78, 5) is 17.8. The zero-order valence-electron chi connectivity index (χ0n) is 18.5. The molecule has 5 rings (SSSR count). The first-order valence-electron chi connectivity index (χ1n) is 10.6. The van der Waals surface area contributed by atoms with Crippen LogP contribution in [0.5, 0.6) is 0 Å². The monoisotopic (exact) mass is 464 g/mol. The van der Waals surface area contributed by atoms with E-state index in [9.17, 15) is 9.18 Å². The molecule has 6 nitrogen and oxygen atoms in total. The van der Waals surface area contributed by atoms with Gasteiger partial charge in [-0.25, -0.2) is 9.37 Å². The van der Waals surface area contributed by atoms with Crippen molar-refractivity contribution in [2.45, 2.75) is 26.4 Å². The highest BCUT2D eigenvalue weighted by Gasteiger charge is 2.21. The minimum absolute atomic E-state index is 0.175. The topological polar surface area (TPSA) is 61.4 Å². The molecule has 4 heterocycles. The first-order chi connectivity index (χ1) is 15.8. The van der Waals surface area contributed by atoms with E-state index < -0.39 is 5.82 Å². The standard InChI is InChI=1S/C25H22ClFN4O2/c1-14-15(2)29-24-21(20-5-4-19(26)10-22(20)27)8-17(13-31(24)25(14)32)16-6-7-33-23(9-16)18-11-28-30(3)12-18/h4-5,8-13,23H,6-7H2,1-3H3. The number of fused-ring (bicyclic) bond motifs is 1. The van der Waals surface area contributed by atoms with Crippen molar-refractivity contribution >= 4 is 22.8 Å². The number of hydrogen-bond donors (Lipinski definition) is 0. The Bertz CT molecular complexity index is 1490. The molecule has 0 saturated carbocycles. The first-order valence-corrected chi connectivity index (χ1v) is 11.0. The summed E-state index contributed by atoms with van der Waals surface area (Å²) in [7, 11) is 1.86. The quantitative estimate of drug-likeness (QED) is 0.425. The molecule has 1 unspecified atom stereocenters. The molecule has 1 atom stereocenters. The van der Waals surface area contributed by atoms with Gasteiger partial charge in [0.2, 0.25) is 0 Å². The Morgan fingerprint density at radius 2 is 2.00 bits per heavy atom. The molecule has 4 aromatic rings.